The highest BCUT2D eigenvalue weighted by molar-refractivity contribution is 4.75. The van der Waals surface area contributed by atoms with Gasteiger partial charge in [-0.2, -0.15) is 19.6 Å². The molecule has 0 bridgehead atoms. The van der Waals surface area contributed by atoms with Crippen molar-refractivity contribution in [3.05, 3.63) is 0 Å². The summed E-state index contributed by atoms with van der Waals surface area (Å²) in [5, 5.41) is 0. The maximum absolute atomic E-state index is 5.18. The van der Waals surface area contributed by atoms with Crippen molar-refractivity contribution in [2.24, 2.45) is 0 Å². The quantitative estimate of drug-likeness (QED) is 0.569. The van der Waals surface area contributed by atoms with Gasteiger partial charge in [-0.25, -0.2) is 0 Å². The Morgan fingerprint density at radius 1 is 1.17 bits per heavy atom. The highest BCUT2D eigenvalue weighted by atomic mass is 17.4. The van der Waals surface area contributed by atoms with Crippen LogP contribution in [0.5, 0.6) is 0 Å². The van der Waals surface area contributed by atoms with Crippen LogP contribution in [0.15, 0.2) is 0 Å². The minimum atomic E-state index is -0.592. The standard InChI is InChI=1S/C8H14O4/c1-2-7-9-11-8(12-10-7)5-3-4-6-8/h7H,2-6H2,1H3. The van der Waals surface area contributed by atoms with Gasteiger partial charge in [-0.15, -0.1) is 0 Å². The van der Waals surface area contributed by atoms with E-state index in [1.807, 2.05) is 6.92 Å². The molecule has 12 heavy (non-hydrogen) atoms. The van der Waals surface area contributed by atoms with Crippen LogP contribution in [-0.2, 0) is 19.6 Å². The Bertz CT molecular complexity index is 143. The molecule has 0 aromatic carbocycles. The fourth-order valence-electron chi connectivity index (χ4n) is 1.53. The van der Waals surface area contributed by atoms with Crippen LogP contribution in [0.2, 0.25) is 0 Å². The molecule has 2 aliphatic rings. The van der Waals surface area contributed by atoms with E-state index >= 15 is 0 Å². The van der Waals surface area contributed by atoms with Gasteiger partial charge in [0.25, 0.3) is 0 Å². The zero-order chi connectivity index (χ0) is 8.44. The van der Waals surface area contributed by atoms with Crippen LogP contribution in [-0.4, -0.2) is 12.1 Å². The summed E-state index contributed by atoms with van der Waals surface area (Å²) in [6.45, 7) is 1.95. The fraction of sp³-hybridized carbons (Fsp3) is 1.00. The molecule has 1 saturated carbocycles. The van der Waals surface area contributed by atoms with Crippen LogP contribution in [0.4, 0.5) is 0 Å². The van der Waals surface area contributed by atoms with Crippen LogP contribution >= 0.6 is 0 Å². The molecule has 1 spiro atoms. The molecule has 2 rings (SSSR count). The first-order valence-electron chi connectivity index (χ1n) is 4.54. The fourth-order valence-corrected chi connectivity index (χ4v) is 1.53. The molecule has 70 valence electrons. The largest absolute Gasteiger partial charge is 0.234 e. The van der Waals surface area contributed by atoms with Crippen LogP contribution < -0.4 is 0 Å². The van der Waals surface area contributed by atoms with Crippen molar-refractivity contribution in [3.63, 3.8) is 0 Å². The van der Waals surface area contributed by atoms with E-state index in [9.17, 15) is 0 Å². The van der Waals surface area contributed by atoms with Crippen LogP contribution in [0.1, 0.15) is 39.0 Å². The number of hydrogen-bond donors (Lipinski definition) is 0. The van der Waals surface area contributed by atoms with E-state index in [0.29, 0.717) is 0 Å². The molecule has 0 atom stereocenters. The minimum absolute atomic E-state index is 0.365. The lowest BCUT2D eigenvalue weighted by Crippen LogP contribution is -2.41. The van der Waals surface area contributed by atoms with Gasteiger partial charge in [-0.1, -0.05) is 6.92 Å². The Hall–Kier alpha value is -0.160. The summed E-state index contributed by atoms with van der Waals surface area (Å²) >= 11 is 0. The van der Waals surface area contributed by atoms with Crippen molar-refractivity contribution in [1.29, 1.82) is 0 Å². The Morgan fingerprint density at radius 3 is 2.25 bits per heavy atom. The van der Waals surface area contributed by atoms with E-state index in [-0.39, 0.29) is 6.29 Å². The zero-order valence-electron chi connectivity index (χ0n) is 7.25. The summed E-state index contributed by atoms with van der Waals surface area (Å²) in [4.78, 5) is 20.4. The van der Waals surface area contributed by atoms with Gasteiger partial charge in [0.1, 0.15) is 0 Å². The van der Waals surface area contributed by atoms with E-state index < -0.39 is 5.79 Å². The van der Waals surface area contributed by atoms with Gasteiger partial charge in [0.15, 0.2) is 0 Å². The molecule has 4 heteroatoms. The molecule has 0 amide bonds. The van der Waals surface area contributed by atoms with Crippen molar-refractivity contribution in [1.82, 2.24) is 0 Å². The highest BCUT2D eigenvalue weighted by Gasteiger charge is 2.43. The zero-order valence-corrected chi connectivity index (χ0v) is 7.25. The van der Waals surface area contributed by atoms with Crippen molar-refractivity contribution in [2.45, 2.75) is 51.1 Å². The maximum atomic E-state index is 5.18. The van der Waals surface area contributed by atoms with E-state index in [2.05, 4.69) is 0 Å². The van der Waals surface area contributed by atoms with Gasteiger partial charge in [0.05, 0.1) is 0 Å². The summed E-state index contributed by atoms with van der Waals surface area (Å²) < 4.78 is 0. The average molecular weight is 174 g/mol. The minimum Gasteiger partial charge on any atom is -0.198 e. The molecule has 1 aliphatic heterocycles. The van der Waals surface area contributed by atoms with Crippen LogP contribution in [0.3, 0.4) is 0 Å². The lowest BCUT2D eigenvalue weighted by Gasteiger charge is -2.33. The van der Waals surface area contributed by atoms with Gasteiger partial charge in [0.2, 0.25) is 12.1 Å². The van der Waals surface area contributed by atoms with Crippen molar-refractivity contribution in [3.8, 4) is 0 Å². The average Bonchev–Trinajstić information content (AvgIpc) is 2.55. The molecule has 0 aromatic rings. The molecule has 0 radical (unpaired) electrons. The molecule has 0 N–H and O–H groups in total. The number of hydrogen-bond acceptors (Lipinski definition) is 4. The molecule has 0 aromatic heterocycles. The second-order valence-electron chi connectivity index (χ2n) is 3.31. The lowest BCUT2D eigenvalue weighted by atomic mass is 10.2. The van der Waals surface area contributed by atoms with Gasteiger partial charge >= 0.3 is 0 Å². The third kappa shape index (κ3) is 1.47. The Morgan fingerprint density at radius 2 is 1.75 bits per heavy atom. The summed E-state index contributed by atoms with van der Waals surface area (Å²) in [6, 6.07) is 0. The Labute approximate surface area is 71.6 Å². The molecule has 0 unspecified atom stereocenters. The van der Waals surface area contributed by atoms with E-state index in [1.54, 1.807) is 0 Å². The first-order valence-corrected chi connectivity index (χ1v) is 4.54. The second-order valence-corrected chi connectivity index (χ2v) is 3.31. The molecule has 1 heterocycles. The summed E-state index contributed by atoms with van der Waals surface area (Å²) in [5.74, 6) is -0.592. The lowest BCUT2D eigenvalue weighted by molar-refractivity contribution is -0.624. The van der Waals surface area contributed by atoms with Crippen molar-refractivity contribution < 1.29 is 19.6 Å². The van der Waals surface area contributed by atoms with Crippen molar-refractivity contribution >= 4 is 0 Å². The van der Waals surface area contributed by atoms with Gasteiger partial charge < -0.3 is 0 Å². The smallest absolute Gasteiger partial charge is 0.198 e. The topological polar surface area (TPSA) is 36.9 Å². The predicted octanol–water partition coefficient (Wildman–Crippen LogP) is 1.90. The van der Waals surface area contributed by atoms with E-state index in [1.165, 1.54) is 0 Å². The third-order valence-electron chi connectivity index (χ3n) is 2.31. The maximum Gasteiger partial charge on any atom is 0.234 e. The Kier molecular flexibility index (Phi) is 2.32. The highest BCUT2D eigenvalue weighted by Crippen LogP contribution is 2.37. The molecule has 1 aliphatic carbocycles. The number of rotatable bonds is 1. The second kappa shape index (κ2) is 3.30. The van der Waals surface area contributed by atoms with Crippen molar-refractivity contribution in [2.75, 3.05) is 0 Å². The first kappa shape index (κ1) is 8.44. The summed E-state index contributed by atoms with van der Waals surface area (Å²) in [5.41, 5.74) is 0. The molecular formula is C8H14O4. The van der Waals surface area contributed by atoms with Gasteiger partial charge in [-0.3, -0.25) is 0 Å². The van der Waals surface area contributed by atoms with Gasteiger partial charge in [-0.05, 0) is 12.8 Å². The third-order valence-corrected chi connectivity index (χ3v) is 2.31. The predicted molar refractivity (Wildman–Crippen MR) is 39.6 cm³/mol. The normalized spacial score (nSPS) is 29.8. The molecular weight excluding hydrogens is 160 g/mol. The summed E-state index contributed by atoms with van der Waals surface area (Å²) in [7, 11) is 0. The molecule has 2 fully saturated rings. The molecule has 1 saturated heterocycles. The Balaban J connectivity index is 1.88. The van der Waals surface area contributed by atoms with E-state index in [0.717, 1.165) is 32.1 Å². The monoisotopic (exact) mass is 174 g/mol. The molecule has 4 nitrogen and oxygen atoms in total. The SMILES string of the molecule is CCC1OOC2(CCCC2)OO1. The van der Waals surface area contributed by atoms with E-state index in [4.69, 9.17) is 19.6 Å². The van der Waals surface area contributed by atoms with Crippen LogP contribution in [0, 0.1) is 0 Å². The van der Waals surface area contributed by atoms with Gasteiger partial charge in [0, 0.05) is 19.3 Å². The van der Waals surface area contributed by atoms with Crippen LogP contribution in [0.25, 0.3) is 0 Å². The first-order chi connectivity index (χ1) is 5.85. The summed E-state index contributed by atoms with van der Waals surface area (Å²) in [6.07, 6.45) is 4.33.